The number of ether oxygens (including phenoxy) is 1. The highest BCUT2D eigenvalue weighted by molar-refractivity contribution is 5.83. The highest BCUT2D eigenvalue weighted by Crippen LogP contribution is 2.28. The number of carbonyl (C=O) groups is 1. The fourth-order valence-corrected chi connectivity index (χ4v) is 4.72. The molecule has 0 heterocycles. The van der Waals surface area contributed by atoms with Crippen LogP contribution >= 0.6 is 0 Å². The van der Waals surface area contributed by atoms with Crippen molar-refractivity contribution in [1.82, 2.24) is 10.2 Å². The van der Waals surface area contributed by atoms with Gasteiger partial charge in [-0.15, -0.1) is 0 Å². The van der Waals surface area contributed by atoms with Crippen LogP contribution < -0.4 is 10.1 Å². The van der Waals surface area contributed by atoms with Gasteiger partial charge in [0.2, 0.25) is 5.91 Å². The van der Waals surface area contributed by atoms with E-state index in [4.69, 9.17) is 4.74 Å². The number of methoxy groups -OCH3 is 1. The Labute approximate surface area is 197 Å². The number of nitrogens with one attached hydrogen (secondary N) is 1. The molecular formula is C29H34N2O2. The predicted molar refractivity (Wildman–Crippen MR) is 133 cm³/mol. The highest BCUT2D eigenvalue weighted by Gasteiger charge is 2.30. The lowest BCUT2D eigenvalue weighted by Gasteiger charge is -2.33. The van der Waals surface area contributed by atoms with Gasteiger partial charge in [-0.2, -0.15) is 0 Å². The molecule has 0 aromatic heterocycles. The van der Waals surface area contributed by atoms with Crippen molar-refractivity contribution in [3.05, 3.63) is 102 Å². The Morgan fingerprint density at radius 3 is 1.91 bits per heavy atom. The smallest absolute Gasteiger partial charge is 0.242 e. The van der Waals surface area contributed by atoms with Crippen LogP contribution in [0, 0.1) is 0 Å². The molecule has 0 saturated heterocycles. The van der Waals surface area contributed by atoms with Crippen LogP contribution in [0.1, 0.15) is 54.8 Å². The van der Waals surface area contributed by atoms with E-state index < -0.39 is 6.04 Å². The molecule has 1 aliphatic rings. The van der Waals surface area contributed by atoms with Crippen LogP contribution in [0.4, 0.5) is 0 Å². The van der Waals surface area contributed by atoms with Crippen molar-refractivity contribution in [2.45, 2.75) is 57.3 Å². The largest absolute Gasteiger partial charge is 0.497 e. The molecule has 0 spiro atoms. The van der Waals surface area contributed by atoms with Crippen molar-refractivity contribution in [3.8, 4) is 5.75 Å². The Hall–Kier alpha value is -3.11. The average molecular weight is 443 g/mol. The van der Waals surface area contributed by atoms with Gasteiger partial charge in [-0.1, -0.05) is 92.1 Å². The van der Waals surface area contributed by atoms with Crippen molar-refractivity contribution >= 4 is 5.91 Å². The lowest BCUT2D eigenvalue weighted by molar-refractivity contribution is -0.128. The van der Waals surface area contributed by atoms with E-state index in [-0.39, 0.29) is 11.9 Å². The second-order valence-electron chi connectivity index (χ2n) is 8.90. The Bertz CT molecular complexity index is 942. The SMILES string of the molecule is COc1ccc(C(C(=O)NC2CCCCC2)N(Cc2ccccc2)Cc2ccccc2)cc1. The summed E-state index contributed by atoms with van der Waals surface area (Å²) in [5, 5.41) is 3.39. The van der Waals surface area contributed by atoms with E-state index in [1.165, 1.54) is 30.4 Å². The van der Waals surface area contributed by atoms with Gasteiger partial charge in [0, 0.05) is 19.1 Å². The zero-order chi connectivity index (χ0) is 22.9. The maximum atomic E-state index is 13.8. The van der Waals surface area contributed by atoms with Gasteiger partial charge in [0.25, 0.3) is 0 Å². The van der Waals surface area contributed by atoms with Crippen molar-refractivity contribution in [3.63, 3.8) is 0 Å². The van der Waals surface area contributed by atoms with Gasteiger partial charge in [0.1, 0.15) is 11.8 Å². The lowest BCUT2D eigenvalue weighted by Crippen LogP contribution is -2.44. The van der Waals surface area contributed by atoms with Gasteiger partial charge in [0.15, 0.2) is 0 Å². The predicted octanol–water partition coefficient (Wildman–Crippen LogP) is 5.89. The summed E-state index contributed by atoms with van der Waals surface area (Å²) in [5.41, 5.74) is 3.37. The van der Waals surface area contributed by atoms with E-state index in [0.717, 1.165) is 24.2 Å². The Morgan fingerprint density at radius 1 is 0.848 bits per heavy atom. The standard InChI is InChI=1S/C29H34N2O2/c1-33-27-19-17-25(18-20-27)28(29(32)30-26-15-9-4-10-16-26)31(21-23-11-5-2-6-12-23)22-24-13-7-3-8-14-24/h2-3,5-8,11-14,17-20,26,28H,4,9-10,15-16,21-22H2,1H3,(H,30,32). The number of hydrogen-bond donors (Lipinski definition) is 1. The van der Waals surface area contributed by atoms with E-state index in [9.17, 15) is 4.79 Å². The van der Waals surface area contributed by atoms with Crippen LogP contribution in [0.5, 0.6) is 5.75 Å². The summed E-state index contributed by atoms with van der Waals surface area (Å²) < 4.78 is 5.37. The molecule has 1 aliphatic carbocycles. The van der Waals surface area contributed by atoms with E-state index in [2.05, 4.69) is 58.7 Å². The maximum Gasteiger partial charge on any atom is 0.242 e. The van der Waals surface area contributed by atoms with Crippen molar-refractivity contribution in [1.29, 1.82) is 0 Å². The van der Waals surface area contributed by atoms with Crippen LogP contribution in [0.3, 0.4) is 0 Å². The molecule has 4 rings (SSSR count). The fraction of sp³-hybridized carbons (Fsp3) is 0.345. The first-order valence-corrected chi connectivity index (χ1v) is 12.0. The van der Waals surface area contributed by atoms with E-state index in [1.807, 2.05) is 36.4 Å². The van der Waals surface area contributed by atoms with Gasteiger partial charge in [-0.25, -0.2) is 0 Å². The molecule has 0 radical (unpaired) electrons. The molecule has 1 unspecified atom stereocenters. The quantitative estimate of drug-likeness (QED) is 0.449. The first kappa shape index (κ1) is 23.1. The number of rotatable bonds is 9. The summed E-state index contributed by atoms with van der Waals surface area (Å²) in [6, 6.07) is 28.6. The summed E-state index contributed by atoms with van der Waals surface area (Å²) in [7, 11) is 1.67. The van der Waals surface area contributed by atoms with Crippen LogP contribution in [0.25, 0.3) is 0 Å². The minimum Gasteiger partial charge on any atom is -0.497 e. The van der Waals surface area contributed by atoms with Gasteiger partial charge >= 0.3 is 0 Å². The number of carbonyl (C=O) groups excluding carboxylic acids is 1. The number of nitrogens with zero attached hydrogens (tertiary/aromatic N) is 1. The van der Waals surface area contributed by atoms with Gasteiger partial charge < -0.3 is 10.1 Å². The van der Waals surface area contributed by atoms with Crippen LogP contribution in [0.15, 0.2) is 84.9 Å². The molecule has 3 aromatic rings. The molecule has 1 fully saturated rings. The first-order chi connectivity index (χ1) is 16.2. The zero-order valence-electron chi connectivity index (χ0n) is 19.5. The summed E-state index contributed by atoms with van der Waals surface area (Å²) >= 11 is 0. The Kier molecular flexibility index (Phi) is 8.15. The lowest BCUT2D eigenvalue weighted by atomic mass is 9.94. The molecular weight excluding hydrogens is 408 g/mol. The number of benzene rings is 3. The molecule has 172 valence electrons. The minimum absolute atomic E-state index is 0.0823. The monoisotopic (exact) mass is 442 g/mol. The molecule has 4 nitrogen and oxygen atoms in total. The van der Waals surface area contributed by atoms with Gasteiger partial charge in [-0.05, 0) is 41.7 Å². The van der Waals surface area contributed by atoms with E-state index in [0.29, 0.717) is 13.1 Å². The Balaban J connectivity index is 1.67. The first-order valence-electron chi connectivity index (χ1n) is 12.0. The third kappa shape index (κ3) is 6.45. The zero-order valence-corrected chi connectivity index (χ0v) is 19.5. The number of hydrogen-bond acceptors (Lipinski definition) is 3. The summed E-state index contributed by atoms with van der Waals surface area (Å²) in [6.45, 7) is 1.37. The molecule has 0 aliphatic heterocycles. The van der Waals surface area contributed by atoms with Gasteiger partial charge in [0.05, 0.1) is 7.11 Å². The highest BCUT2D eigenvalue weighted by atomic mass is 16.5. The van der Waals surface area contributed by atoms with Gasteiger partial charge in [-0.3, -0.25) is 9.69 Å². The summed E-state index contributed by atoms with van der Waals surface area (Å²) in [4.78, 5) is 16.1. The van der Waals surface area contributed by atoms with E-state index >= 15 is 0 Å². The average Bonchev–Trinajstić information content (AvgIpc) is 2.86. The van der Waals surface area contributed by atoms with Crippen molar-refractivity contribution in [2.75, 3.05) is 7.11 Å². The summed E-state index contributed by atoms with van der Waals surface area (Å²) in [6.07, 6.45) is 5.78. The normalized spacial score (nSPS) is 15.2. The molecule has 1 atom stereocenters. The molecule has 1 saturated carbocycles. The van der Waals surface area contributed by atoms with Crippen LogP contribution in [0.2, 0.25) is 0 Å². The molecule has 4 heteroatoms. The summed E-state index contributed by atoms with van der Waals surface area (Å²) in [5.74, 6) is 0.877. The second-order valence-corrected chi connectivity index (χ2v) is 8.90. The second kappa shape index (κ2) is 11.7. The van der Waals surface area contributed by atoms with Crippen molar-refractivity contribution in [2.24, 2.45) is 0 Å². The van der Waals surface area contributed by atoms with Crippen LogP contribution in [-0.2, 0) is 17.9 Å². The molecule has 33 heavy (non-hydrogen) atoms. The molecule has 3 aromatic carbocycles. The molecule has 1 N–H and O–H groups in total. The molecule has 1 amide bonds. The topological polar surface area (TPSA) is 41.6 Å². The third-order valence-electron chi connectivity index (χ3n) is 6.45. The van der Waals surface area contributed by atoms with Crippen LogP contribution in [-0.4, -0.2) is 24.0 Å². The van der Waals surface area contributed by atoms with E-state index in [1.54, 1.807) is 7.11 Å². The minimum atomic E-state index is -0.391. The third-order valence-corrected chi connectivity index (χ3v) is 6.45. The Morgan fingerprint density at radius 2 is 1.39 bits per heavy atom. The van der Waals surface area contributed by atoms with Crippen molar-refractivity contribution < 1.29 is 9.53 Å². The molecule has 0 bridgehead atoms. The fourth-order valence-electron chi connectivity index (χ4n) is 4.72. The number of amides is 1. The maximum absolute atomic E-state index is 13.8.